The number of aliphatic hydroxyl groups excluding tert-OH is 1. The molecule has 6 nitrogen and oxygen atoms in total. The molecule has 2 aromatic carbocycles. The zero-order valence-corrected chi connectivity index (χ0v) is 15.2. The maximum Gasteiger partial charge on any atom is 0.247 e. The van der Waals surface area contributed by atoms with Crippen molar-refractivity contribution in [3.05, 3.63) is 64.0 Å². The summed E-state index contributed by atoms with van der Waals surface area (Å²) in [6.07, 6.45) is -0.857. The number of aliphatic hydroxyl groups is 1. The molecular weight excluding hydrogens is 375 g/mol. The van der Waals surface area contributed by atoms with Gasteiger partial charge in [-0.2, -0.15) is 5.26 Å². The van der Waals surface area contributed by atoms with Crippen LogP contribution >= 0.6 is 23.2 Å². The van der Waals surface area contributed by atoms with Crippen molar-refractivity contribution in [3.8, 4) is 17.5 Å². The number of nitrogens with zero attached hydrogens (tertiary/aromatic N) is 3. The molecule has 0 fully saturated rings. The lowest BCUT2D eigenvalue weighted by atomic mass is 10.1. The minimum absolute atomic E-state index is 0.138. The van der Waals surface area contributed by atoms with Gasteiger partial charge in [0.2, 0.25) is 11.8 Å². The van der Waals surface area contributed by atoms with Crippen LogP contribution in [0.5, 0.6) is 0 Å². The van der Waals surface area contributed by atoms with Gasteiger partial charge in [-0.15, -0.1) is 10.2 Å². The summed E-state index contributed by atoms with van der Waals surface area (Å²) in [7, 11) is 0. The number of nitrogens with one attached hydrogen (secondary N) is 1. The van der Waals surface area contributed by atoms with Crippen LogP contribution in [0, 0.1) is 11.3 Å². The number of hydrogen-bond donors (Lipinski definition) is 2. The number of nitriles is 1. The quantitative estimate of drug-likeness (QED) is 0.670. The fourth-order valence-corrected chi connectivity index (χ4v) is 2.79. The van der Waals surface area contributed by atoms with Gasteiger partial charge in [0, 0.05) is 5.56 Å². The van der Waals surface area contributed by atoms with Crippen molar-refractivity contribution in [2.75, 3.05) is 5.32 Å². The van der Waals surface area contributed by atoms with E-state index in [4.69, 9.17) is 32.9 Å². The van der Waals surface area contributed by atoms with Gasteiger partial charge < -0.3 is 14.8 Å². The highest BCUT2D eigenvalue weighted by Gasteiger charge is 2.25. The Kier molecular flexibility index (Phi) is 5.43. The van der Waals surface area contributed by atoms with E-state index in [1.54, 1.807) is 19.1 Å². The van der Waals surface area contributed by atoms with Gasteiger partial charge >= 0.3 is 0 Å². The first-order chi connectivity index (χ1) is 12.5. The molecule has 0 unspecified atom stereocenters. The summed E-state index contributed by atoms with van der Waals surface area (Å²) in [6, 6.07) is 13.7. The smallest absolute Gasteiger partial charge is 0.247 e. The number of aromatic nitrogens is 2. The van der Waals surface area contributed by atoms with Crippen LogP contribution in [0.2, 0.25) is 10.0 Å². The van der Waals surface area contributed by atoms with Crippen LogP contribution in [-0.4, -0.2) is 21.4 Å². The molecule has 0 saturated heterocycles. The molecule has 3 rings (SSSR count). The molecule has 2 N–H and O–H groups in total. The Morgan fingerprint density at radius 2 is 1.85 bits per heavy atom. The highest BCUT2D eigenvalue weighted by atomic mass is 35.5. The van der Waals surface area contributed by atoms with Gasteiger partial charge in [-0.25, -0.2) is 0 Å². The molecule has 0 aliphatic rings. The maximum absolute atomic E-state index is 10.1. The van der Waals surface area contributed by atoms with Crippen molar-refractivity contribution < 1.29 is 9.52 Å². The van der Waals surface area contributed by atoms with Gasteiger partial charge in [-0.1, -0.05) is 41.4 Å². The lowest BCUT2D eigenvalue weighted by Gasteiger charge is -2.20. The van der Waals surface area contributed by atoms with Gasteiger partial charge in [0.15, 0.2) is 0 Å². The van der Waals surface area contributed by atoms with Crippen molar-refractivity contribution in [1.82, 2.24) is 10.2 Å². The maximum atomic E-state index is 10.1. The van der Waals surface area contributed by atoms with Gasteiger partial charge in [0.05, 0.1) is 27.4 Å². The lowest BCUT2D eigenvalue weighted by molar-refractivity contribution is 0.160. The Hall–Kier alpha value is -2.59. The Labute approximate surface area is 160 Å². The van der Waals surface area contributed by atoms with Crippen molar-refractivity contribution in [1.29, 1.82) is 5.26 Å². The fraction of sp³-hybridized carbons (Fsp3) is 0.167. The first-order valence-electron chi connectivity index (χ1n) is 7.72. The summed E-state index contributed by atoms with van der Waals surface area (Å²) < 4.78 is 5.71. The average molecular weight is 389 g/mol. The van der Waals surface area contributed by atoms with Crippen LogP contribution in [-0.2, 0) is 0 Å². The van der Waals surface area contributed by atoms with Gasteiger partial charge in [0.1, 0.15) is 12.1 Å². The second-order valence-corrected chi connectivity index (χ2v) is 6.33. The molecule has 0 saturated carbocycles. The first kappa shape index (κ1) is 18.2. The number of rotatable bonds is 5. The van der Waals surface area contributed by atoms with Gasteiger partial charge in [-0.05, 0) is 31.2 Å². The number of hydrogen-bond acceptors (Lipinski definition) is 6. The SMILES string of the molecule is C[C@H](O)[C@H](Nc1ccc(C#N)c(Cl)c1Cl)c1nnc(-c2ccccc2)o1. The average Bonchev–Trinajstić information content (AvgIpc) is 3.13. The molecule has 1 heterocycles. The van der Waals surface area contributed by atoms with Crippen molar-refractivity contribution >= 4 is 28.9 Å². The highest BCUT2D eigenvalue weighted by molar-refractivity contribution is 6.44. The largest absolute Gasteiger partial charge is 0.418 e. The topological polar surface area (TPSA) is 95.0 Å². The second kappa shape index (κ2) is 7.75. The standard InChI is InChI=1S/C18H14Cl2N4O2/c1-10(25)16(22-13-8-7-12(9-21)14(19)15(13)20)18-24-23-17(26-18)11-5-3-2-4-6-11/h2-8,10,16,22,25H,1H3/t10-,16-/m0/s1. The van der Waals surface area contributed by atoms with Crippen LogP contribution in [0.3, 0.4) is 0 Å². The summed E-state index contributed by atoms with van der Waals surface area (Å²) in [5, 5.41) is 30.6. The van der Waals surface area contributed by atoms with E-state index in [-0.39, 0.29) is 21.5 Å². The molecule has 0 amide bonds. The zero-order valence-electron chi connectivity index (χ0n) is 13.6. The third-order valence-corrected chi connectivity index (χ3v) is 4.61. The lowest BCUT2D eigenvalue weighted by Crippen LogP contribution is -2.23. The van der Waals surface area contributed by atoms with Crippen LogP contribution in [0.25, 0.3) is 11.5 Å². The summed E-state index contributed by atoms with van der Waals surface area (Å²) in [6.45, 7) is 1.59. The van der Waals surface area contributed by atoms with Crippen molar-refractivity contribution in [2.45, 2.75) is 19.1 Å². The predicted octanol–water partition coefficient (Wildman–Crippen LogP) is 4.45. The highest BCUT2D eigenvalue weighted by Crippen LogP contribution is 2.35. The molecule has 0 aliphatic heterocycles. The summed E-state index contributed by atoms with van der Waals surface area (Å²) >= 11 is 12.3. The molecule has 0 radical (unpaired) electrons. The van der Waals surface area contributed by atoms with Crippen LogP contribution in [0.1, 0.15) is 24.4 Å². The van der Waals surface area contributed by atoms with E-state index in [1.165, 1.54) is 0 Å². The molecular formula is C18H14Cl2N4O2. The van der Waals surface area contributed by atoms with E-state index in [0.29, 0.717) is 11.6 Å². The predicted molar refractivity (Wildman–Crippen MR) is 99.0 cm³/mol. The van der Waals surface area contributed by atoms with Crippen molar-refractivity contribution in [3.63, 3.8) is 0 Å². The number of benzene rings is 2. The molecule has 0 bridgehead atoms. The van der Waals surface area contributed by atoms with E-state index in [2.05, 4.69) is 15.5 Å². The van der Waals surface area contributed by atoms with E-state index < -0.39 is 12.1 Å². The molecule has 1 aromatic heterocycles. The van der Waals surface area contributed by atoms with E-state index in [0.717, 1.165) is 5.56 Å². The first-order valence-corrected chi connectivity index (χ1v) is 8.48. The minimum atomic E-state index is -0.857. The van der Waals surface area contributed by atoms with E-state index in [1.807, 2.05) is 36.4 Å². The van der Waals surface area contributed by atoms with E-state index in [9.17, 15) is 5.11 Å². The Morgan fingerprint density at radius 1 is 1.12 bits per heavy atom. The molecule has 132 valence electrons. The molecule has 26 heavy (non-hydrogen) atoms. The van der Waals surface area contributed by atoms with Crippen LogP contribution in [0.4, 0.5) is 5.69 Å². The normalized spacial score (nSPS) is 13.0. The van der Waals surface area contributed by atoms with Crippen LogP contribution < -0.4 is 5.32 Å². The summed E-state index contributed by atoms with van der Waals surface area (Å²) in [5.74, 6) is 0.549. The molecule has 0 aliphatic carbocycles. The molecule has 2 atom stereocenters. The summed E-state index contributed by atoms with van der Waals surface area (Å²) in [5.41, 5.74) is 1.48. The third kappa shape index (κ3) is 3.65. The molecule has 3 aromatic rings. The van der Waals surface area contributed by atoms with Crippen molar-refractivity contribution in [2.24, 2.45) is 0 Å². The fourth-order valence-electron chi connectivity index (χ4n) is 2.36. The monoisotopic (exact) mass is 388 g/mol. The second-order valence-electron chi connectivity index (χ2n) is 5.57. The van der Waals surface area contributed by atoms with Crippen LogP contribution in [0.15, 0.2) is 46.9 Å². The Bertz CT molecular complexity index is 952. The van der Waals surface area contributed by atoms with E-state index >= 15 is 0 Å². The minimum Gasteiger partial charge on any atom is -0.418 e. The molecule has 0 spiro atoms. The zero-order chi connectivity index (χ0) is 18.7. The van der Waals surface area contributed by atoms with Gasteiger partial charge in [-0.3, -0.25) is 0 Å². The number of halogens is 2. The molecule has 8 heteroatoms. The Balaban J connectivity index is 1.91. The summed E-state index contributed by atoms with van der Waals surface area (Å²) in [4.78, 5) is 0. The third-order valence-electron chi connectivity index (χ3n) is 3.72. The number of anilines is 1. The Morgan fingerprint density at radius 3 is 2.50 bits per heavy atom. The van der Waals surface area contributed by atoms with Gasteiger partial charge in [0.25, 0.3) is 0 Å².